The van der Waals surface area contributed by atoms with Gasteiger partial charge in [0.25, 0.3) is 0 Å². The lowest BCUT2D eigenvalue weighted by atomic mass is 9.87. The molecule has 0 spiro atoms. The minimum atomic E-state index is 0.307. The molecule has 0 saturated carbocycles. The lowest BCUT2D eigenvalue weighted by molar-refractivity contribution is 0.584. The van der Waals surface area contributed by atoms with Crippen LogP contribution in [0.15, 0.2) is 30.3 Å². The molecule has 0 bridgehead atoms. The van der Waals surface area contributed by atoms with Crippen LogP contribution >= 0.6 is 11.6 Å². The number of halogens is 1. The van der Waals surface area contributed by atoms with Crippen LogP contribution in [0.1, 0.15) is 39.4 Å². The summed E-state index contributed by atoms with van der Waals surface area (Å²) in [6, 6.07) is 10.7. The van der Waals surface area contributed by atoms with E-state index in [9.17, 15) is 0 Å². The van der Waals surface area contributed by atoms with Gasteiger partial charge in [-0.1, -0.05) is 29.8 Å². The molecule has 112 valence electrons. The molecule has 0 radical (unpaired) electrons. The molecule has 2 heteroatoms. The summed E-state index contributed by atoms with van der Waals surface area (Å²) >= 11 is 6.11. The molecule has 2 aromatic carbocycles. The number of likely N-dealkylation sites (N-methyl/N-ethyl adjacent to an activating group) is 1. The second-order valence-electron chi connectivity index (χ2n) is 5.85. The van der Waals surface area contributed by atoms with E-state index in [4.69, 9.17) is 11.6 Å². The Morgan fingerprint density at radius 3 is 2.14 bits per heavy atom. The van der Waals surface area contributed by atoms with E-state index in [2.05, 4.69) is 51.2 Å². The van der Waals surface area contributed by atoms with Gasteiger partial charge in [-0.15, -0.1) is 0 Å². The average Bonchev–Trinajstić information content (AvgIpc) is 2.44. The lowest BCUT2D eigenvalue weighted by Gasteiger charge is -2.24. The Morgan fingerprint density at radius 1 is 1.00 bits per heavy atom. The summed E-state index contributed by atoms with van der Waals surface area (Å²) in [7, 11) is 2.03. The Kier molecular flexibility index (Phi) is 5.08. The molecule has 2 rings (SSSR count). The summed E-state index contributed by atoms with van der Waals surface area (Å²) in [5.74, 6) is 0. The molecule has 0 aliphatic heterocycles. The van der Waals surface area contributed by atoms with E-state index in [1.54, 1.807) is 0 Å². The highest BCUT2D eigenvalue weighted by molar-refractivity contribution is 6.30. The smallest absolute Gasteiger partial charge is 0.0408 e. The van der Waals surface area contributed by atoms with Gasteiger partial charge in [0, 0.05) is 11.1 Å². The first kappa shape index (κ1) is 16.1. The van der Waals surface area contributed by atoms with Crippen LogP contribution in [0.5, 0.6) is 0 Å². The van der Waals surface area contributed by atoms with Crippen molar-refractivity contribution in [3.63, 3.8) is 0 Å². The molecule has 0 fully saturated rings. The molecule has 2 aromatic rings. The fourth-order valence-electron chi connectivity index (χ4n) is 3.02. The molecule has 0 aliphatic carbocycles. The molecule has 0 heterocycles. The van der Waals surface area contributed by atoms with Gasteiger partial charge in [-0.25, -0.2) is 0 Å². The standard InChI is InChI=1S/C19H24ClN/c1-12-9-13(2)15(4)19(14(12)3)18(21-5)11-16-7-6-8-17(20)10-16/h6-10,18,21H,11H2,1-5H3. The van der Waals surface area contributed by atoms with E-state index >= 15 is 0 Å². The van der Waals surface area contributed by atoms with Crippen molar-refractivity contribution in [1.82, 2.24) is 5.32 Å². The third-order valence-electron chi connectivity index (χ3n) is 4.45. The number of nitrogens with one attached hydrogen (secondary N) is 1. The molecule has 0 amide bonds. The van der Waals surface area contributed by atoms with Crippen LogP contribution in [0.2, 0.25) is 5.02 Å². The second kappa shape index (κ2) is 6.64. The van der Waals surface area contributed by atoms with Crippen molar-refractivity contribution < 1.29 is 0 Å². The van der Waals surface area contributed by atoms with Crippen LogP contribution in [0.25, 0.3) is 0 Å². The minimum Gasteiger partial charge on any atom is -0.313 e. The van der Waals surface area contributed by atoms with Gasteiger partial charge < -0.3 is 5.32 Å². The number of hydrogen-bond acceptors (Lipinski definition) is 1. The van der Waals surface area contributed by atoms with E-state index in [1.165, 1.54) is 33.4 Å². The predicted molar refractivity (Wildman–Crippen MR) is 92.3 cm³/mol. The monoisotopic (exact) mass is 301 g/mol. The Hall–Kier alpha value is -1.31. The van der Waals surface area contributed by atoms with Crippen LogP contribution < -0.4 is 5.32 Å². The largest absolute Gasteiger partial charge is 0.313 e. The van der Waals surface area contributed by atoms with Gasteiger partial charge in [0.05, 0.1) is 0 Å². The Bertz CT molecular complexity index is 620. The summed E-state index contributed by atoms with van der Waals surface area (Å²) < 4.78 is 0. The Morgan fingerprint density at radius 2 is 1.62 bits per heavy atom. The Balaban J connectivity index is 2.43. The summed E-state index contributed by atoms with van der Waals surface area (Å²) in [4.78, 5) is 0. The van der Waals surface area contributed by atoms with Gasteiger partial charge in [0.1, 0.15) is 0 Å². The summed E-state index contributed by atoms with van der Waals surface area (Å²) in [6.07, 6.45) is 0.946. The van der Waals surface area contributed by atoms with Gasteiger partial charge in [-0.2, -0.15) is 0 Å². The summed E-state index contributed by atoms with van der Waals surface area (Å²) in [5, 5.41) is 4.28. The van der Waals surface area contributed by atoms with Gasteiger partial charge in [0.2, 0.25) is 0 Å². The Labute approximate surface area is 133 Å². The molecule has 1 atom stereocenters. The van der Waals surface area contributed by atoms with Crippen LogP contribution in [0.4, 0.5) is 0 Å². The highest BCUT2D eigenvalue weighted by atomic mass is 35.5. The maximum absolute atomic E-state index is 6.11. The third-order valence-corrected chi connectivity index (χ3v) is 4.68. The van der Waals surface area contributed by atoms with Crippen molar-refractivity contribution in [3.8, 4) is 0 Å². The SMILES string of the molecule is CNC(Cc1cccc(Cl)c1)c1c(C)c(C)cc(C)c1C. The molecular weight excluding hydrogens is 278 g/mol. The van der Waals surface area contributed by atoms with Gasteiger partial charge in [-0.05, 0) is 86.7 Å². The van der Waals surface area contributed by atoms with Crippen LogP contribution in [-0.2, 0) is 6.42 Å². The zero-order chi connectivity index (χ0) is 15.6. The maximum atomic E-state index is 6.11. The van der Waals surface area contributed by atoms with E-state index < -0.39 is 0 Å². The maximum Gasteiger partial charge on any atom is 0.0408 e. The van der Waals surface area contributed by atoms with Crippen LogP contribution in [0, 0.1) is 27.7 Å². The molecular formula is C19H24ClN. The number of benzene rings is 2. The first-order chi connectivity index (χ1) is 9.93. The lowest BCUT2D eigenvalue weighted by Crippen LogP contribution is -2.21. The summed E-state index contributed by atoms with van der Waals surface area (Å²) in [6.45, 7) is 8.83. The van der Waals surface area contributed by atoms with Crippen molar-refractivity contribution in [1.29, 1.82) is 0 Å². The fraction of sp³-hybridized carbons (Fsp3) is 0.368. The van der Waals surface area contributed by atoms with Crippen LogP contribution in [-0.4, -0.2) is 7.05 Å². The van der Waals surface area contributed by atoms with Crippen molar-refractivity contribution in [3.05, 3.63) is 68.7 Å². The van der Waals surface area contributed by atoms with E-state index in [1.807, 2.05) is 19.2 Å². The van der Waals surface area contributed by atoms with E-state index in [-0.39, 0.29) is 0 Å². The van der Waals surface area contributed by atoms with Crippen molar-refractivity contribution in [2.75, 3.05) is 7.05 Å². The first-order valence-electron chi connectivity index (χ1n) is 7.43. The second-order valence-corrected chi connectivity index (χ2v) is 6.29. The zero-order valence-corrected chi connectivity index (χ0v) is 14.3. The predicted octanol–water partition coefficient (Wildman–Crippen LogP) is 5.08. The molecule has 0 saturated heterocycles. The number of rotatable bonds is 4. The molecule has 0 aromatic heterocycles. The number of hydrogen-bond donors (Lipinski definition) is 1. The van der Waals surface area contributed by atoms with Crippen molar-refractivity contribution in [2.45, 2.75) is 40.2 Å². The molecule has 1 nitrogen and oxygen atoms in total. The highest BCUT2D eigenvalue weighted by Crippen LogP contribution is 2.29. The van der Waals surface area contributed by atoms with Crippen molar-refractivity contribution in [2.24, 2.45) is 0 Å². The highest BCUT2D eigenvalue weighted by Gasteiger charge is 2.17. The first-order valence-corrected chi connectivity index (χ1v) is 7.80. The molecule has 1 unspecified atom stereocenters. The minimum absolute atomic E-state index is 0.307. The third kappa shape index (κ3) is 3.48. The average molecular weight is 302 g/mol. The number of aryl methyl sites for hydroxylation is 2. The quantitative estimate of drug-likeness (QED) is 0.830. The molecule has 0 aliphatic rings. The van der Waals surface area contributed by atoms with Crippen molar-refractivity contribution >= 4 is 11.6 Å². The summed E-state index contributed by atoms with van der Waals surface area (Å²) in [5.41, 5.74) is 8.19. The van der Waals surface area contributed by atoms with Gasteiger partial charge >= 0.3 is 0 Å². The van der Waals surface area contributed by atoms with E-state index in [0.717, 1.165) is 11.4 Å². The normalized spacial score (nSPS) is 12.5. The topological polar surface area (TPSA) is 12.0 Å². The van der Waals surface area contributed by atoms with Gasteiger partial charge in [0.15, 0.2) is 0 Å². The molecule has 21 heavy (non-hydrogen) atoms. The zero-order valence-electron chi connectivity index (χ0n) is 13.5. The van der Waals surface area contributed by atoms with E-state index in [0.29, 0.717) is 6.04 Å². The van der Waals surface area contributed by atoms with Gasteiger partial charge in [-0.3, -0.25) is 0 Å². The molecule has 1 N–H and O–H groups in total. The van der Waals surface area contributed by atoms with Crippen LogP contribution in [0.3, 0.4) is 0 Å². The fourth-order valence-corrected chi connectivity index (χ4v) is 3.23.